The van der Waals surface area contributed by atoms with Crippen molar-refractivity contribution in [2.75, 3.05) is 0 Å². The number of benzene rings is 1. The lowest BCUT2D eigenvalue weighted by Gasteiger charge is -2.17. The number of Topliss-reactive ketones (excluding diaryl/α,β-unsaturated/α-hetero) is 1. The smallest absolute Gasteiger partial charge is 0.306 e. The van der Waals surface area contributed by atoms with Gasteiger partial charge in [-0.15, -0.1) is 0 Å². The molecule has 2 unspecified atom stereocenters. The Morgan fingerprint density at radius 2 is 2.05 bits per heavy atom. The van der Waals surface area contributed by atoms with Crippen LogP contribution >= 0.6 is 0 Å². The molecule has 120 valence electrons. The van der Waals surface area contributed by atoms with E-state index >= 15 is 0 Å². The Hall–Kier alpha value is -1.64. The third kappa shape index (κ3) is 4.19. The fourth-order valence-corrected chi connectivity index (χ4v) is 3.14. The summed E-state index contributed by atoms with van der Waals surface area (Å²) in [7, 11) is 0. The lowest BCUT2D eigenvalue weighted by atomic mass is 9.98. The predicted octanol–water partition coefficient (Wildman–Crippen LogP) is 4.65. The summed E-state index contributed by atoms with van der Waals surface area (Å²) in [6.45, 7) is 4.22. The molecule has 0 heterocycles. The van der Waals surface area contributed by atoms with Crippen molar-refractivity contribution in [2.45, 2.75) is 70.8 Å². The molecule has 1 aromatic carbocycles. The Morgan fingerprint density at radius 3 is 2.77 bits per heavy atom. The van der Waals surface area contributed by atoms with E-state index in [-0.39, 0.29) is 23.8 Å². The number of unbranched alkanes of at least 4 members (excludes halogenated alkanes) is 2. The van der Waals surface area contributed by atoms with Crippen LogP contribution in [-0.2, 0) is 9.53 Å². The minimum absolute atomic E-state index is 0.00986. The SMILES string of the molecule is CCCCCC(CC)OC(=O)CC1CC(=O)c2ccccc21. The van der Waals surface area contributed by atoms with Crippen LogP contribution in [0.25, 0.3) is 0 Å². The van der Waals surface area contributed by atoms with Crippen molar-refractivity contribution in [1.29, 1.82) is 0 Å². The van der Waals surface area contributed by atoms with Crippen molar-refractivity contribution in [1.82, 2.24) is 0 Å². The molecule has 3 heteroatoms. The summed E-state index contributed by atoms with van der Waals surface area (Å²) in [6.07, 6.45) is 6.02. The standard InChI is InChI=1S/C19H26O3/c1-3-5-6-9-15(4-2)22-19(21)13-14-12-18(20)17-11-8-7-10-16(14)17/h7-8,10-11,14-15H,3-6,9,12-13H2,1-2H3. The number of esters is 1. The average Bonchev–Trinajstić information content (AvgIpc) is 2.83. The van der Waals surface area contributed by atoms with Crippen molar-refractivity contribution < 1.29 is 14.3 Å². The molecule has 2 rings (SSSR count). The number of fused-ring (bicyclic) bond motifs is 1. The summed E-state index contributed by atoms with van der Waals surface area (Å²) in [4.78, 5) is 24.1. The van der Waals surface area contributed by atoms with Gasteiger partial charge in [0.1, 0.15) is 6.10 Å². The molecule has 0 bridgehead atoms. The molecule has 0 radical (unpaired) electrons. The largest absolute Gasteiger partial charge is 0.462 e. The van der Waals surface area contributed by atoms with E-state index in [0.717, 1.165) is 30.4 Å². The van der Waals surface area contributed by atoms with Gasteiger partial charge < -0.3 is 4.74 Å². The van der Waals surface area contributed by atoms with Crippen molar-refractivity contribution >= 4 is 11.8 Å². The van der Waals surface area contributed by atoms with Crippen LogP contribution in [-0.4, -0.2) is 17.9 Å². The van der Waals surface area contributed by atoms with Gasteiger partial charge in [-0.2, -0.15) is 0 Å². The van der Waals surface area contributed by atoms with Gasteiger partial charge in [-0.3, -0.25) is 9.59 Å². The van der Waals surface area contributed by atoms with Crippen LogP contribution in [0.15, 0.2) is 24.3 Å². The fourth-order valence-electron chi connectivity index (χ4n) is 3.14. The summed E-state index contributed by atoms with van der Waals surface area (Å²) >= 11 is 0. The van der Waals surface area contributed by atoms with Gasteiger partial charge in [0.25, 0.3) is 0 Å². The lowest BCUT2D eigenvalue weighted by molar-refractivity contribution is -0.150. The van der Waals surface area contributed by atoms with Crippen LogP contribution in [0.2, 0.25) is 0 Å². The quantitative estimate of drug-likeness (QED) is 0.518. The van der Waals surface area contributed by atoms with Crippen molar-refractivity contribution in [3.05, 3.63) is 35.4 Å². The molecule has 0 aliphatic heterocycles. The molecular formula is C19H26O3. The zero-order valence-corrected chi connectivity index (χ0v) is 13.6. The zero-order valence-electron chi connectivity index (χ0n) is 13.6. The maximum absolute atomic E-state index is 12.2. The highest BCUT2D eigenvalue weighted by molar-refractivity contribution is 6.01. The summed E-state index contributed by atoms with van der Waals surface area (Å²) in [5.41, 5.74) is 1.78. The summed E-state index contributed by atoms with van der Waals surface area (Å²) in [6, 6.07) is 7.60. The Balaban J connectivity index is 1.88. The maximum atomic E-state index is 12.2. The summed E-state index contributed by atoms with van der Waals surface area (Å²) in [5.74, 6) is -0.0365. The number of hydrogen-bond acceptors (Lipinski definition) is 3. The van der Waals surface area contributed by atoms with Crippen LogP contribution in [0.4, 0.5) is 0 Å². The molecule has 0 fully saturated rings. The number of rotatable bonds is 8. The third-order valence-corrected chi connectivity index (χ3v) is 4.43. The molecule has 1 aliphatic carbocycles. The van der Waals surface area contributed by atoms with Gasteiger partial charge >= 0.3 is 5.97 Å². The van der Waals surface area contributed by atoms with Gasteiger partial charge in [-0.25, -0.2) is 0 Å². The van der Waals surface area contributed by atoms with E-state index in [4.69, 9.17) is 4.74 Å². The predicted molar refractivity (Wildman–Crippen MR) is 87.1 cm³/mol. The molecule has 0 N–H and O–H groups in total. The first kappa shape index (κ1) is 16.7. The molecular weight excluding hydrogens is 276 g/mol. The van der Waals surface area contributed by atoms with E-state index in [9.17, 15) is 9.59 Å². The second-order valence-electron chi connectivity index (χ2n) is 6.13. The molecule has 0 aromatic heterocycles. The first-order valence-electron chi connectivity index (χ1n) is 8.47. The van der Waals surface area contributed by atoms with Crippen molar-refractivity contribution in [3.63, 3.8) is 0 Å². The fraction of sp³-hybridized carbons (Fsp3) is 0.579. The topological polar surface area (TPSA) is 43.4 Å². The van der Waals surface area contributed by atoms with Gasteiger partial charge in [0.2, 0.25) is 0 Å². The number of carbonyl (C=O) groups excluding carboxylic acids is 2. The molecule has 2 atom stereocenters. The Morgan fingerprint density at radius 1 is 1.27 bits per heavy atom. The lowest BCUT2D eigenvalue weighted by Crippen LogP contribution is -2.19. The van der Waals surface area contributed by atoms with Gasteiger partial charge in [-0.05, 0) is 24.8 Å². The van der Waals surface area contributed by atoms with E-state index in [1.807, 2.05) is 24.3 Å². The van der Waals surface area contributed by atoms with E-state index < -0.39 is 0 Å². The highest BCUT2D eigenvalue weighted by Gasteiger charge is 2.31. The van der Waals surface area contributed by atoms with E-state index in [1.165, 1.54) is 12.8 Å². The second-order valence-corrected chi connectivity index (χ2v) is 6.13. The van der Waals surface area contributed by atoms with Crippen LogP contribution in [0.3, 0.4) is 0 Å². The van der Waals surface area contributed by atoms with Crippen LogP contribution in [0, 0.1) is 0 Å². The number of ketones is 1. The molecule has 3 nitrogen and oxygen atoms in total. The van der Waals surface area contributed by atoms with Gasteiger partial charge in [-0.1, -0.05) is 51.0 Å². The molecule has 1 aromatic rings. The van der Waals surface area contributed by atoms with Gasteiger partial charge in [0.15, 0.2) is 5.78 Å². The molecule has 1 aliphatic rings. The van der Waals surface area contributed by atoms with Crippen LogP contribution in [0.1, 0.15) is 80.6 Å². The number of carbonyl (C=O) groups is 2. The van der Waals surface area contributed by atoms with Crippen LogP contribution < -0.4 is 0 Å². The van der Waals surface area contributed by atoms with Gasteiger partial charge in [0, 0.05) is 17.9 Å². The second kappa shape index (κ2) is 8.11. The number of ether oxygens (including phenoxy) is 1. The molecule has 22 heavy (non-hydrogen) atoms. The minimum Gasteiger partial charge on any atom is -0.462 e. The highest BCUT2D eigenvalue weighted by Crippen LogP contribution is 2.35. The summed E-state index contributed by atoms with van der Waals surface area (Å²) < 4.78 is 5.61. The molecule has 0 spiro atoms. The molecule has 0 amide bonds. The van der Waals surface area contributed by atoms with Crippen molar-refractivity contribution in [3.8, 4) is 0 Å². The first-order valence-corrected chi connectivity index (χ1v) is 8.47. The zero-order chi connectivity index (χ0) is 15.9. The Bertz CT molecular complexity index is 521. The van der Waals surface area contributed by atoms with Crippen LogP contribution in [0.5, 0.6) is 0 Å². The highest BCUT2D eigenvalue weighted by atomic mass is 16.5. The van der Waals surface area contributed by atoms with Gasteiger partial charge in [0.05, 0.1) is 6.42 Å². The van der Waals surface area contributed by atoms with E-state index in [0.29, 0.717) is 12.8 Å². The Labute approximate surface area is 133 Å². The molecule has 0 saturated heterocycles. The molecule has 0 saturated carbocycles. The van der Waals surface area contributed by atoms with E-state index in [2.05, 4.69) is 13.8 Å². The van der Waals surface area contributed by atoms with E-state index in [1.54, 1.807) is 0 Å². The average molecular weight is 302 g/mol. The number of hydrogen-bond donors (Lipinski definition) is 0. The third-order valence-electron chi connectivity index (χ3n) is 4.43. The first-order chi connectivity index (χ1) is 10.7. The van der Waals surface area contributed by atoms with Crippen molar-refractivity contribution in [2.24, 2.45) is 0 Å². The minimum atomic E-state index is -0.169. The maximum Gasteiger partial charge on any atom is 0.306 e. The monoisotopic (exact) mass is 302 g/mol. The summed E-state index contributed by atoms with van der Waals surface area (Å²) in [5, 5.41) is 0. The Kier molecular flexibility index (Phi) is 6.17. The normalized spacial score (nSPS) is 18.1.